The Kier molecular flexibility index (Phi) is 3.54. The normalized spacial score (nSPS) is 16.1. The molecule has 1 aliphatic carbocycles. The Hall–Kier alpha value is -1.76. The van der Waals surface area contributed by atoms with E-state index in [1.807, 2.05) is 0 Å². The molecule has 0 spiro atoms. The summed E-state index contributed by atoms with van der Waals surface area (Å²) >= 11 is 0. The maximum absolute atomic E-state index is 3.59. The van der Waals surface area contributed by atoms with Crippen molar-refractivity contribution in [2.24, 2.45) is 5.92 Å². The van der Waals surface area contributed by atoms with Crippen molar-refractivity contribution in [3.8, 4) is 11.1 Å². The third-order valence-electron chi connectivity index (χ3n) is 3.79. The van der Waals surface area contributed by atoms with Crippen molar-refractivity contribution in [1.82, 2.24) is 0 Å². The summed E-state index contributed by atoms with van der Waals surface area (Å²) in [7, 11) is 0. The van der Waals surface area contributed by atoms with Crippen LogP contribution in [0.5, 0.6) is 0 Å². The molecule has 1 N–H and O–H groups in total. The topological polar surface area (TPSA) is 12.0 Å². The highest BCUT2D eigenvalue weighted by Gasteiger charge is 2.23. The lowest BCUT2D eigenvalue weighted by atomic mass is 10.1. The monoisotopic (exact) mass is 251 g/mol. The summed E-state index contributed by atoms with van der Waals surface area (Å²) in [5.74, 6) is 0.978. The summed E-state index contributed by atoms with van der Waals surface area (Å²) in [4.78, 5) is 0. The van der Waals surface area contributed by atoms with Crippen LogP contribution < -0.4 is 5.32 Å². The lowest BCUT2D eigenvalue weighted by molar-refractivity contribution is 0.642. The van der Waals surface area contributed by atoms with Gasteiger partial charge in [-0.2, -0.15) is 0 Å². The second kappa shape index (κ2) is 5.48. The molecule has 0 aromatic heterocycles. The molecule has 1 unspecified atom stereocenters. The summed E-state index contributed by atoms with van der Waals surface area (Å²) in [6.45, 7) is 2.28. The highest BCUT2D eigenvalue weighted by atomic mass is 14.9. The fourth-order valence-electron chi connectivity index (χ4n) is 2.59. The molecule has 1 heteroatoms. The first-order valence-electron chi connectivity index (χ1n) is 7.23. The van der Waals surface area contributed by atoms with Crippen LogP contribution in [0.3, 0.4) is 0 Å². The molecule has 0 amide bonds. The lowest BCUT2D eigenvalue weighted by Gasteiger charge is -2.15. The van der Waals surface area contributed by atoms with Crippen molar-refractivity contribution >= 4 is 5.69 Å². The maximum atomic E-state index is 3.59. The van der Waals surface area contributed by atoms with Crippen LogP contribution in [0.1, 0.15) is 26.2 Å². The second-order valence-corrected chi connectivity index (χ2v) is 5.67. The predicted molar refractivity (Wildman–Crippen MR) is 82.3 cm³/mol. The van der Waals surface area contributed by atoms with E-state index in [4.69, 9.17) is 0 Å². The van der Waals surface area contributed by atoms with Gasteiger partial charge in [0.1, 0.15) is 0 Å². The van der Waals surface area contributed by atoms with E-state index in [-0.39, 0.29) is 0 Å². The molecule has 0 heterocycles. The van der Waals surface area contributed by atoms with E-state index in [9.17, 15) is 0 Å². The van der Waals surface area contributed by atoms with Crippen molar-refractivity contribution in [3.05, 3.63) is 54.6 Å². The molecule has 1 nitrogen and oxygen atoms in total. The zero-order valence-corrected chi connectivity index (χ0v) is 11.5. The van der Waals surface area contributed by atoms with Gasteiger partial charge in [-0.25, -0.2) is 0 Å². The molecule has 1 aliphatic rings. The van der Waals surface area contributed by atoms with E-state index in [0.717, 1.165) is 5.92 Å². The quantitative estimate of drug-likeness (QED) is 0.792. The molecule has 19 heavy (non-hydrogen) atoms. The molecular formula is C18H21N. The van der Waals surface area contributed by atoms with E-state index in [1.54, 1.807) is 0 Å². The second-order valence-electron chi connectivity index (χ2n) is 5.67. The van der Waals surface area contributed by atoms with E-state index >= 15 is 0 Å². The Morgan fingerprint density at radius 1 is 0.947 bits per heavy atom. The summed E-state index contributed by atoms with van der Waals surface area (Å²) in [6.07, 6.45) is 4.17. The number of hydrogen-bond donors (Lipinski definition) is 1. The van der Waals surface area contributed by atoms with Gasteiger partial charge < -0.3 is 5.32 Å². The van der Waals surface area contributed by atoms with Gasteiger partial charge in [0.15, 0.2) is 0 Å². The number of rotatable bonds is 5. The Balaban J connectivity index is 1.65. The fourth-order valence-corrected chi connectivity index (χ4v) is 2.59. The Morgan fingerprint density at radius 2 is 1.58 bits per heavy atom. The van der Waals surface area contributed by atoms with Crippen LogP contribution in [0, 0.1) is 5.92 Å². The van der Waals surface area contributed by atoms with Crippen LogP contribution in [0.4, 0.5) is 5.69 Å². The van der Waals surface area contributed by atoms with Crippen molar-refractivity contribution in [3.63, 3.8) is 0 Å². The minimum atomic E-state index is 0.579. The highest BCUT2D eigenvalue weighted by Crippen LogP contribution is 2.34. The lowest BCUT2D eigenvalue weighted by Crippen LogP contribution is -2.15. The smallest absolute Gasteiger partial charge is 0.0342 e. The van der Waals surface area contributed by atoms with Gasteiger partial charge in [-0.1, -0.05) is 55.3 Å². The first kappa shape index (κ1) is 12.3. The maximum Gasteiger partial charge on any atom is 0.0342 e. The molecule has 0 radical (unpaired) electrons. The number of hydrogen-bond acceptors (Lipinski definition) is 1. The van der Waals surface area contributed by atoms with E-state index in [0.29, 0.717) is 6.04 Å². The Morgan fingerprint density at radius 3 is 2.21 bits per heavy atom. The van der Waals surface area contributed by atoms with Gasteiger partial charge in [0.2, 0.25) is 0 Å². The highest BCUT2D eigenvalue weighted by molar-refractivity contribution is 5.65. The summed E-state index contributed by atoms with van der Waals surface area (Å²) < 4.78 is 0. The van der Waals surface area contributed by atoms with Gasteiger partial charge in [0.25, 0.3) is 0 Å². The standard InChI is InChI=1S/C18H21N/c1-14(13-15-7-8-15)19-18-11-9-17(10-12-18)16-5-3-2-4-6-16/h2-6,9-12,14-15,19H,7-8,13H2,1H3. The first-order chi connectivity index (χ1) is 9.31. The molecule has 98 valence electrons. The van der Waals surface area contributed by atoms with Gasteiger partial charge in [-0.15, -0.1) is 0 Å². The van der Waals surface area contributed by atoms with Crippen molar-refractivity contribution < 1.29 is 0 Å². The molecule has 0 bridgehead atoms. The molecule has 1 fully saturated rings. The van der Waals surface area contributed by atoms with Crippen LogP contribution in [0.25, 0.3) is 11.1 Å². The van der Waals surface area contributed by atoms with Gasteiger partial charge in [-0.05, 0) is 42.5 Å². The molecule has 2 aromatic rings. The number of nitrogens with one attached hydrogen (secondary N) is 1. The fraction of sp³-hybridized carbons (Fsp3) is 0.333. The van der Waals surface area contributed by atoms with E-state index < -0.39 is 0 Å². The van der Waals surface area contributed by atoms with Crippen molar-refractivity contribution in [1.29, 1.82) is 0 Å². The molecule has 0 saturated heterocycles. The van der Waals surface area contributed by atoms with E-state index in [2.05, 4.69) is 66.8 Å². The summed E-state index contributed by atoms with van der Waals surface area (Å²) in [6, 6.07) is 19.9. The zero-order chi connectivity index (χ0) is 13.1. The van der Waals surface area contributed by atoms with Crippen LogP contribution in [-0.2, 0) is 0 Å². The predicted octanol–water partition coefficient (Wildman–Crippen LogP) is 4.95. The van der Waals surface area contributed by atoms with Gasteiger partial charge in [0, 0.05) is 11.7 Å². The number of benzene rings is 2. The van der Waals surface area contributed by atoms with Gasteiger partial charge in [-0.3, -0.25) is 0 Å². The molecule has 1 saturated carbocycles. The molecule has 0 aliphatic heterocycles. The van der Waals surface area contributed by atoms with Crippen molar-refractivity contribution in [2.75, 3.05) is 5.32 Å². The molecule has 3 rings (SSSR count). The van der Waals surface area contributed by atoms with Gasteiger partial charge in [0.05, 0.1) is 0 Å². The molecule has 2 aromatic carbocycles. The minimum Gasteiger partial charge on any atom is -0.383 e. The van der Waals surface area contributed by atoms with Crippen LogP contribution >= 0.6 is 0 Å². The molecular weight excluding hydrogens is 230 g/mol. The average Bonchev–Trinajstić information content (AvgIpc) is 3.24. The van der Waals surface area contributed by atoms with E-state index in [1.165, 1.54) is 36.1 Å². The van der Waals surface area contributed by atoms with Crippen LogP contribution in [0.2, 0.25) is 0 Å². The first-order valence-corrected chi connectivity index (χ1v) is 7.23. The van der Waals surface area contributed by atoms with Crippen LogP contribution in [-0.4, -0.2) is 6.04 Å². The van der Waals surface area contributed by atoms with Crippen LogP contribution in [0.15, 0.2) is 54.6 Å². The third-order valence-corrected chi connectivity index (χ3v) is 3.79. The summed E-state index contributed by atoms with van der Waals surface area (Å²) in [5, 5.41) is 3.59. The Bertz CT molecular complexity index is 511. The summed E-state index contributed by atoms with van der Waals surface area (Å²) in [5.41, 5.74) is 3.79. The molecule has 1 atom stereocenters. The average molecular weight is 251 g/mol. The van der Waals surface area contributed by atoms with Gasteiger partial charge >= 0.3 is 0 Å². The Labute approximate surface area is 115 Å². The SMILES string of the molecule is CC(CC1CC1)Nc1ccc(-c2ccccc2)cc1. The van der Waals surface area contributed by atoms with Crippen molar-refractivity contribution in [2.45, 2.75) is 32.2 Å². The zero-order valence-electron chi connectivity index (χ0n) is 11.5. The largest absolute Gasteiger partial charge is 0.383 e. The third kappa shape index (κ3) is 3.37. The number of anilines is 1. The minimum absolute atomic E-state index is 0.579.